The average Bonchev–Trinajstić information content (AvgIpc) is 3.48. The summed E-state index contributed by atoms with van der Waals surface area (Å²) in [6, 6.07) is 0. The molecule has 10 nitrogen and oxygen atoms in total. The van der Waals surface area contributed by atoms with Crippen molar-refractivity contribution in [2.75, 3.05) is 6.61 Å². The van der Waals surface area contributed by atoms with Crippen LogP contribution in [0.1, 0.15) is 77.4 Å². The van der Waals surface area contributed by atoms with E-state index in [0.717, 1.165) is 35.5 Å². The van der Waals surface area contributed by atoms with Crippen LogP contribution in [0.3, 0.4) is 0 Å². The Hall–Kier alpha value is -1.99. The molecule has 42 heavy (non-hydrogen) atoms. The molecule has 4 N–H and O–H groups in total. The molecule has 236 valence electrons. The fourth-order valence-electron chi connectivity index (χ4n) is 5.53. The molecule has 0 saturated carbocycles. The van der Waals surface area contributed by atoms with Gasteiger partial charge in [0.1, 0.15) is 30.2 Å². The van der Waals surface area contributed by atoms with Crippen LogP contribution >= 0.6 is 11.3 Å². The smallest absolute Gasteiger partial charge is 0.309 e. The van der Waals surface area contributed by atoms with Crippen molar-refractivity contribution >= 4 is 29.2 Å². The van der Waals surface area contributed by atoms with E-state index in [1.807, 2.05) is 44.4 Å². The number of cyclic esters (lactones) is 1. The lowest BCUT2D eigenvalue weighted by molar-refractivity contribution is -0.218. The van der Waals surface area contributed by atoms with E-state index in [2.05, 4.69) is 4.98 Å². The van der Waals surface area contributed by atoms with Crippen LogP contribution in [0.15, 0.2) is 23.1 Å². The van der Waals surface area contributed by atoms with Gasteiger partial charge in [-0.05, 0) is 50.7 Å². The summed E-state index contributed by atoms with van der Waals surface area (Å²) in [6.45, 7) is 10.1. The predicted molar refractivity (Wildman–Crippen MR) is 158 cm³/mol. The number of esters is 1. The van der Waals surface area contributed by atoms with Crippen molar-refractivity contribution in [2.24, 2.45) is 17.3 Å². The Morgan fingerprint density at radius 1 is 1.17 bits per heavy atom. The number of Topliss-reactive ketones (excluding diaryl/α,β-unsaturated/α-hetero) is 1. The molecule has 1 aromatic heterocycles. The number of rotatable bonds is 5. The van der Waals surface area contributed by atoms with Gasteiger partial charge in [-0.1, -0.05) is 39.8 Å². The Morgan fingerprint density at radius 3 is 2.50 bits per heavy atom. The summed E-state index contributed by atoms with van der Waals surface area (Å²) >= 11 is 1.53. The fraction of sp³-hybridized carbons (Fsp3) is 0.710. The van der Waals surface area contributed by atoms with Crippen LogP contribution in [-0.2, 0) is 23.8 Å². The van der Waals surface area contributed by atoms with Crippen molar-refractivity contribution in [1.29, 1.82) is 0 Å². The van der Waals surface area contributed by atoms with Crippen molar-refractivity contribution in [3.63, 3.8) is 0 Å². The Labute approximate surface area is 252 Å². The van der Waals surface area contributed by atoms with Crippen LogP contribution in [-0.4, -0.2) is 86.7 Å². The Balaban J connectivity index is 1.94. The minimum atomic E-state index is -1.50. The van der Waals surface area contributed by atoms with E-state index in [-0.39, 0.29) is 18.1 Å². The van der Waals surface area contributed by atoms with Gasteiger partial charge in [0.05, 0.1) is 41.4 Å². The standard InChI is InChI=1S/C31H47NO9S/c1-17-11-9-7-8-10-12-22(18(2)13-21-16-42-20(4)32-21)39-25(34)14-24(31(5,6)29(38)19(3)26(17)35)41-30-28(37)27(36)23(15-33)40-30/h8,10,13,16-17,19,22-24,26-28,30,33,35-37H,7,9,11-12,14-15H2,1-6H3/b10-8?,18-13+/t17-,19+,22-,23+,24-,26-,27+,28?,30+/m0/s1. The van der Waals surface area contributed by atoms with Gasteiger partial charge in [0.2, 0.25) is 0 Å². The number of thiazole rings is 1. The highest BCUT2D eigenvalue weighted by Crippen LogP contribution is 2.36. The summed E-state index contributed by atoms with van der Waals surface area (Å²) < 4.78 is 17.5. The molecular formula is C31H47NO9S. The molecule has 0 bridgehead atoms. The van der Waals surface area contributed by atoms with Gasteiger partial charge < -0.3 is 34.6 Å². The van der Waals surface area contributed by atoms with Crippen molar-refractivity contribution in [1.82, 2.24) is 4.98 Å². The Bertz CT molecular complexity index is 1120. The molecule has 1 aromatic rings. The average molecular weight is 610 g/mol. The maximum atomic E-state index is 13.8. The summed E-state index contributed by atoms with van der Waals surface area (Å²) in [5, 5.41) is 44.2. The Morgan fingerprint density at radius 2 is 1.88 bits per heavy atom. The monoisotopic (exact) mass is 609 g/mol. The third-order valence-electron chi connectivity index (χ3n) is 8.44. The van der Waals surface area contributed by atoms with Crippen LogP contribution in [0.25, 0.3) is 6.08 Å². The number of carbonyl (C=O) groups is 2. The Kier molecular flexibility index (Phi) is 12.4. The second-order valence-corrected chi connectivity index (χ2v) is 13.2. The molecular weight excluding hydrogens is 562 g/mol. The summed E-state index contributed by atoms with van der Waals surface area (Å²) in [7, 11) is 0. The molecule has 1 saturated heterocycles. The molecule has 0 aliphatic carbocycles. The van der Waals surface area contributed by atoms with Crippen molar-refractivity contribution in [3.05, 3.63) is 33.8 Å². The number of hydrogen-bond acceptors (Lipinski definition) is 11. The normalized spacial score (nSPS) is 35.8. The highest BCUT2D eigenvalue weighted by atomic mass is 32.1. The first-order valence-corrected chi connectivity index (χ1v) is 15.6. The maximum absolute atomic E-state index is 13.8. The first-order chi connectivity index (χ1) is 19.8. The van der Waals surface area contributed by atoms with Gasteiger partial charge in [-0.25, -0.2) is 4.98 Å². The van der Waals surface area contributed by atoms with E-state index in [1.54, 1.807) is 20.8 Å². The molecule has 2 aliphatic rings. The van der Waals surface area contributed by atoms with E-state index < -0.39 is 66.8 Å². The van der Waals surface area contributed by atoms with Gasteiger partial charge in [-0.3, -0.25) is 9.59 Å². The topological polar surface area (TPSA) is 156 Å². The largest absolute Gasteiger partial charge is 0.457 e. The summed E-state index contributed by atoms with van der Waals surface area (Å²) in [5.41, 5.74) is 0.266. The molecule has 2 aliphatic heterocycles. The van der Waals surface area contributed by atoms with Crippen molar-refractivity contribution in [3.8, 4) is 0 Å². The van der Waals surface area contributed by atoms with E-state index in [0.29, 0.717) is 6.42 Å². The fourth-order valence-corrected chi connectivity index (χ4v) is 6.10. The predicted octanol–water partition coefficient (Wildman–Crippen LogP) is 3.34. The first-order valence-electron chi connectivity index (χ1n) is 14.7. The summed E-state index contributed by atoms with van der Waals surface area (Å²) in [4.78, 5) is 31.8. The molecule has 3 heterocycles. The second kappa shape index (κ2) is 15.1. The zero-order chi connectivity index (χ0) is 31.2. The minimum Gasteiger partial charge on any atom is -0.457 e. The number of aromatic nitrogens is 1. The lowest BCUT2D eigenvalue weighted by atomic mass is 9.72. The van der Waals surface area contributed by atoms with Crippen LogP contribution in [0, 0.1) is 24.2 Å². The molecule has 0 aromatic carbocycles. The number of aliphatic hydroxyl groups excluding tert-OH is 4. The van der Waals surface area contributed by atoms with Crippen LogP contribution in [0.4, 0.5) is 0 Å². The third-order valence-corrected chi connectivity index (χ3v) is 9.23. The number of carbonyl (C=O) groups excluding carboxylic acids is 2. The SMILES string of the molecule is C/C(=C\c1csc(C)n1)[C@@H]1CC=CCCC[C@H](C)[C@H](O)[C@@H](C)C(=O)C(C)(C)[C@@H](O[C@H]2O[C@H](CO)[C@@H](O)C2O)CC(=O)O1. The van der Waals surface area contributed by atoms with Gasteiger partial charge in [0, 0.05) is 17.7 Å². The molecule has 1 unspecified atom stereocenters. The number of hydrogen-bond donors (Lipinski definition) is 4. The second-order valence-electron chi connectivity index (χ2n) is 12.2. The quantitative estimate of drug-likeness (QED) is 0.289. The van der Waals surface area contributed by atoms with E-state index in [4.69, 9.17) is 14.2 Å². The molecule has 0 spiro atoms. The molecule has 0 amide bonds. The zero-order valence-corrected chi connectivity index (χ0v) is 26.3. The van der Waals surface area contributed by atoms with Gasteiger partial charge in [-0.2, -0.15) is 0 Å². The lowest BCUT2D eigenvalue weighted by Gasteiger charge is -2.38. The van der Waals surface area contributed by atoms with Gasteiger partial charge in [0.15, 0.2) is 6.29 Å². The molecule has 9 atom stereocenters. The summed E-state index contributed by atoms with van der Waals surface area (Å²) in [5.74, 6) is -1.83. The minimum absolute atomic E-state index is 0.134. The first kappa shape index (κ1) is 34.5. The highest BCUT2D eigenvalue weighted by molar-refractivity contribution is 7.09. The number of allylic oxidation sites excluding steroid dienone is 1. The van der Waals surface area contributed by atoms with Gasteiger partial charge >= 0.3 is 5.97 Å². The molecule has 0 radical (unpaired) electrons. The molecule has 1 fully saturated rings. The molecule has 11 heteroatoms. The number of ketones is 1. The number of ether oxygens (including phenoxy) is 3. The number of nitrogens with zero attached hydrogens (tertiary/aromatic N) is 1. The summed E-state index contributed by atoms with van der Waals surface area (Å²) in [6.07, 6.45) is 0.339. The van der Waals surface area contributed by atoms with Crippen molar-refractivity contribution in [2.45, 2.75) is 117 Å². The number of aryl methyl sites for hydroxylation is 1. The van der Waals surface area contributed by atoms with Crippen LogP contribution in [0.5, 0.6) is 0 Å². The third kappa shape index (κ3) is 8.56. The van der Waals surface area contributed by atoms with Crippen molar-refractivity contribution < 1.29 is 44.2 Å². The van der Waals surface area contributed by atoms with Crippen LogP contribution in [0.2, 0.25) is 0 Å². The van der Waals surface area contributed by atoms with Gasteiger partial charge in [0.25, 0.3) is 0 Å². The number of aliphatic hydroxyl groups is 4. The maximum Gasteiger partial charge on any atom is 0.309 e. The van der Waals surface area contributed by atoms with E-state index in [9.17, 15) is 30.0 Å². The van der Waals surface area contributed by atoms with E-state index in [1.165, 1.54) is 11.3 Å². The van der Waals surface area contributed by atoms with Gasteiger partial charge in [-0.15, -0.1) is 11.3 Å². The highest BCUT2D eigenvalue weighted by Gasteiger charge is 2.49. The zero-order valence-electron chi connectivity index (χ0n) is 25.4. The molecule has 3 rings (SSSR count). The lowest BCUT2D eigenvalue weighted by Crippen LogP contribution is -2.49. The van der Waals surface area contributed by atoms with Crippen LogP contribution < -0.4 is 0 Å². The van der Waals surface area contributed by atoms with E-state index >= 15 is 0 Å².